The third kappa shape index (κ3) is 2.78. The van der Waals surface area contributed by atoms with Crippen molar-refractivity contribution in [2.45, 2.75) is 6.92 Å². The highest BCUT2D eigenvalue weighted by Gasteiger charge is 2.06. The fraction of sp³-hybridized carbons (Fsp3) is 0.222. The van der Waals surface area contributed by atoms with Crippen molar-refractivity contribution < 1.29 is 8.42 Å². The highest BCUT2D eigenvalue weighted by atomic mass is 32.2. The summed E-state index contributed by atoms with van der Waals surface area (Å²) >= 11 is 0. The third-order valence-corrected chi connectivity index (χ3v) is 2.60. The Bertz CT molecular complexity index is 634. The van der Waals surface area contributed by atoms with E-state index in [1.54, 1.807) is 17.0 Å². The van der Waals surface area contributed by atoms with Crippen LogP contribution in [0.1, 0.15) is 5.82 Å². The number of nitrogens with zero attached hydrogens (tertiary/aromatic N) is 4. The number of imidazole rings is 1. The molecule has 0 aliphatic carbocycles. The van der Waals surface area contributed by atoms with Crippen molar-refractivity contribution in [2.24, 2.45) is 0 Å². The molecule has 90 valence electrons. The fourth-order valence-electron chi connectivity index (χ4n) is 1.34. The van der Waals surface area contributed by atoms with E-state index in [4.69, 9.17) is 0 Å². The fourth-order valence-corrected chi connectivity index (χ4v) is 1.84. The third-order valence-electron chi connectivity index (χ3n) is 2.02. The molecule has 2 aromatic heterocycles. The summed E-state index contributed by atoms with van der Waals surface area (Å²) in [7, 11) is -3.34. The summed E-state index contributed by atoms with van der Waals surface area (Å²) in [6.07, 6.45) is 5.74. The molecule has 7 nitrogen and oxygen atoms in total. The number of anilines is 1. The van der Waals surface area contributed by atoms with Gasteiger partial charge >= 0.3 is 0 Å². The highest BCUT2D eigenvalue weighted by Crippen LogP contribution is 2.11. The zero-order valence-corrected chi connectivity index (χ0v) is 10.1. The number of nitrogens with one attached hydrogen (secondary N) is 1. The van der Waals surface area contributed by atoms with E-state index < -0.39 is 10.0 Å². The molecule has 0 saturated carbocycles. The Balaban J connectivity index is 2.39. The predicted octanol–water partition coefficient (Wildman–Crippen LogP) is 0.342. The van der Waals surface area contributed by atoms with Crippen molar-refractivity contribution in [3.05, 3.63) is 30.6 Å². The van der Waals surface area contributed by atoms with E-state index in [0.717, 1.165) is 12.1 Å². The van der Waals surface area contributed by atoms with Gasteiger partial charge in [0.05, 0.1) is 6.26 Å². The SMILES string of the molecule is Cc1nccn1-c1cc(NS(C)(=O)=O)ncn1. The normalized spacial score (nSPS) is 11.4. The summed E-state index contributed by atoms with van der Waals surface area (Å²) in [4.78, 5) is 11.9. The minimum atomic E-state index is -3.34. The van der Waals surface area contributed by atoms with Gasteiger partial charge in [-0.1, -0.05) is 0 Å². The minimum Gasteiger partial charge on any atom is -0.288 e. The molecule has 0 bridgehead atoms. The molecule has 0 saturated heterocycles. The molecule has 2 heterocycles. The van der Waals surface area contributed by atoms with Crippen molar-refractivity contribution in [1.82, 2.24) is 19.5 Å². The van der Waals surface area contributed by atoms with Gasteiger partial charge < -0.3 is 0 Å². The first-order valence-corrected chi connectivity index (χ1v) is 6.65. The van der Waals surface area contributed by atoms with Crippen LogP contribution in [-0.4, -0.2) is 34.2 Å². The summed E-state index contributed by atoms with van der Waals surface area (Å²) in [5.74, 6) is 1.54. The van der Waals surface area contributed by atoms with Gasteiger partial charge in [-0.15, -0.1) is 0 Å². The molecule has 0 aromatic carbocycles. The van der Waals surface area contributed by atoms with Crippen molar-refractivity contribution in [3.8, 4) is 5.82 Å². The molecule has 2 aromatic rings. The lowest BCUT2D eigenvalue weighted by molar-refractivity contribution is 0.606. The average Bonchev–Trinajstić information content (AvgIpc) is 2.62. The van der Waals surface area contributed by atoms with Gasteiger partial charge in [0.2, 0.25) is 10.0 Å². The summed E-state index contributed by atoms with van der Waals surface area (Å²) in [5, 5.41) is 0. The number of aromatic nitrogens is 4. The topological polar surface area (TPSA) is 89.8 Å². The Labute approximate surface area is 98.6 Å². The Kier molecular flexibility index (Phi) is 2.80. The van der Waals surface area contributed by atoms with Crippen LogP contribution in [0.5, 0.6) is 0 Å². The monoisotopic (exact) mass is 253 g/mol. The van der Waals surface area contributed by atoms with Crippen LogP contribution in [0.3, 0.4) is 0 Å². The van der Waals surface area contributed by atoms with Crippen LogP contribution in [0.4, 0.5) is 5.82 Å². The van der Waals surface area contributed by atoms with Crippen LogP contribution in [0.15, 0.2) is 24.8 Å². The van der Waals surface area contributed by atoms with E-state index in [0.29, 0.717) is 5.82 Å². The van der Waals surface area contributed by atoms with Crippen LogP contribution in [-0.2, 0) is 10.0 Å². The number of rotatable bonds is 3. The molecule has 0 spiro atoms. The maximum absolute atomic E-state index is 11.1. The number of hydrogen-bond donors (Lipinski definition) is 1. The van der Waals surface area contributed by atoms with Crippen LogP contribution in [0.2, 0.25) is 0 Å². The van der Waals surface area contributed by atoms with Crippen LogP contribution in [0, 0.1) is 6.92 Å². The van der Waals surface area contributed by atoms with E-state index in [-0.39, 0.29) is 5.82 Å². The van der Waals surface area contributed by atoms with Crippen LogP contribution < -0.4 is 4.72 Å². The van der Waals surface area contributed by atoms with Crippen molar-refractivity contribution in [3.63, 3.8) is 0 Å². The molecule has 1 N–H and O–H groups in total. The summed E-state index contributed by atoms with van der Waals surface area (Å²) in [6, 6.07) is 1.54. The first-order chi connectivity index (χ1) is 7.96. The molecule has 0 aliphatic rings. The second-order valence-electron chi connectivity index (χ2n) is 3.48. The highest BCUT2D eigenvalue weighted by molar-refractivity contribution is 7.92. The van der Waals surface area contributed by atoms with Crippen LogP contribution >= 0.6 is 0 Å². The number of hydrogen-bond acceptors (Lipinski definition) is 5. The zero-order valence-electron chi connectivity index (χ0n) is 9.32. The van der Waals surface area contributed by atoms with Gasteiger partial charge in [-0.2, -0.15) is 0 Å². The summed E-state index contributed by atoms with van der Waals surface area (Å²) < 4.78 is 26.2. The van der Waals surface area contributed by atoms with Gasteiger partial charge in [0.25, 0.3) is 0 Å². The molecule has 0 aliphatic heterocycles. The molecule has 8 heteroatoms. The molecule has 0 amide bonds. The standard InChI is InChI=1S/C9H11N5O2S/c1-7-10-3-4-14(7)9-5-8(11-6-12-9)13-17(2,15)16/h3-6H,1-2H3,(H,11,12,13). The van der Waals surface area contributed by atoms with E-state index in [9.17, 15) is 8.42 Å². The molecule has 0 fully saturated rings. The zero-order chi connectivity index (χ0) is 12.5. The van der Waals surface area contributed by atoms with Gasteiger partial charge in [0, 0.05) is 18.5 Å². The average molecular weight is 253 g/mol. The van der Waals surface area contributed by atoms with Crippen molar-refractivity contribution in [1.29, 1.82) is 0 Å². The second kappa shape index (κ2) is 4.13. The molecule has 0 atom stereocenters. The Morgan fingerprint density at radius 1 is 1.29 bits per heavy atom. The van der Waals surface area contributed by atoms with E-state index in [1.165, 1.54) is 12.4 Å². The quantitative estimate of drug-likeness (QED) is 0.852. The van der Waals surface area contributed by atoms with E-state index in [2.05, 4.69) is 19.7 Å². The van der Waals surface area contributed by atoms with Gasteiger partial charge in [0.15, 0.2) is 0 Å². The lowest BCUT2D eigenvalue weighted by Gasteiger charge is -2.06. The number of sulfonamides is 1. The summed E-state index contributed by atoms with van der Waals surface area (Å²) in [6.45, 7) is 1.83. The lowest BCUT2D eigenvalue weighted by atomic mass is 10.5. The maximum Gasteiger partial charge on any atom is 0.230 e. The Morgan fingerprint density at radius 3 is 2.65 bits per heavy atom. The molecule has 2 rings (SSSR count). The van der Waals surface area contributed by atoms with E-state index in [1.807, 2.05) is 6.92 Å². The van der Waals surface area contributed by atoms with Gasteiger partial charge in [-0.05, 0) is 6.92 Å². The number of aryl methyl sites for hydroxylation is 1. The first kappa shape index (κ1) is 11.5. The largest absolute Gasteiger partial charge is 0.288 e. The first-order valence-electron chi connectivity index (χ1n) is 4.76. The molecule has 0 unspecified atom stereocenters. The minimum absolute atomic E-state index is 0.227. The Morgan fingerprint density at radius 2 is 2.06 bits per heavy atom. The second-order valence-corrected chi connectivity index (χ2v) is 5.23. The molecular weight excluding hydrogens is 242 g/mol. The van der Waals surface area contributed by atoms with E-state index >= 15 is 0 Å². The van der Waals surface area contributed by atoms with Crippen molar-refractivity contribution in [2.75, 3.05) is 11.0 Å². The van der Waals surface area contributed by atoms with Crippen molar-refractivity contribution >= 4 is 15.8 Å². The predicted molar refractivity (Wildman–Crippen MR) is 62.4 cm³/mol. The van der Waals surface area contributed by atoms with Gasteiger partial charge in [-0.25, -0.2) is 23.4 Å². The van der Waals surface area contributed by atoms with Gasteiger partial charge in [0.1, 0.15) is 23.8 Å². The van der Waals surface area contributed by atoms with Gasteiger partial charge in [-0.3, -0.25) is 9.29 Å². The summed E-state index contributed by atoms with van der Waals surface area (Å²) in [5.41, 5.74) is 0. The maximum atomic E-state index is 11.1. The molecule has 0 radical (unpaired) electrons. The Hall–Kier alpha value is -1.96. The lowest BCUT2D eigenvalue weighted by Crippen LogP contribution is -2.11. The molecular formula is C9H11N5O2S. The molecule has 17 heavy (non-hydrogen) atoms. The smallest absolute Gasteiger partial charge is 0.230 e. The van der Waals surface area contributed by atoms with Crippen LogP contribution in [0.25, 0.3) is 5.82 Å².